The average molecular weight is 605 g/mol. The second kappa shape index (κ2) is 39.7. The second-order valence-electron chi connectivity index (χ2n) is 11.3. The van der Waals surface area contributed by atoms with Crippen LogP contribution in [0.1, 0.15) is 195 Å². The Kier molecular flexibility index (Phi) is 46.0. The Bertz CT molecular complexity index is 430. The van der Waals surface area contributed by atoms with Gasteiger partial charge in [-0.15, -0.1) is 0 Å². The molecule has 0 aliphatic carbocycles. The average Bonchev–Trinajstić information content (AvgIpc) is 2.87. The smallest absolute Gasteiger partial charge is 1.00 e. The molecule has 7 heteroatoms. The summed E-state index contributed by atoms with van der Waals surface area (Å²) in [5, 5.41) is 0. The van der Waals surface area contributed by atoms with Crippen LogP contribution in [0.15, 0.2) is 0 Å². The molecule has 0 bridgehead atoms. The zero-order valence-electron chi connectivity index (χ0n) is 27.8. The number of hydrogen-bond acceptors (Lipinski definition) is 2. The van der Waals surface area contributed by atoms with E-state index in [9.17, 15) is 0 Å². The summed E-state index contributed by atoms with van der Waals surface area (Å²) in [6.45, 7) is 6.59. The van der Waals surface area contributed by atoms with Crippen molar-refractivity contribution in [1.29, 1.82) is 0 Å². The molecule has 5 nitrogen and oxygen atoms in total. The number of unbranched alkanes of at least 4 members (excludes halogenated alkanes) is 26. The van der Waals surface area contributed by atoms with Crippen LogP contribution < -0.4 is 51.4 Å². The van der Waals surface area contributed by atoms with E-state index in [0.29, 0.717) is 0 Å². The van der Waals surface area contributed by atoms with Gasteiger partial charge >= 0.3 is 59.2 Å². The fraction of sp³-hybridized carbons (Fsp3) is 1.00. The normalized spacial score (nSPS) is 11.2. The minimum atomic E-state index is -4.64. The molecule has 3 N–H and O–H groups in total. The van der Waals surface area contributed by atoms with E-state index in [1.807, 2.05) is 0 Å². The molecular weight excluding hydrogens is 534 g/mol. The minimum absolute atomic E-state index is 0. The van der Waals surface area contributed by atoms with Crippen molar-refractivity contribution in [2.75, 3.05) is 13.2 Å². The molecule has 234 valence electrons. The van der Waals surface area contributed by atoms with Gasteiger partial charge in [-0.3, -0.25) is 0 Å². The summed E-state index contributed by atoms with van der Waals surface area (Å²) in [5.41, 5.74) is 0. The monoisotopic (exact) mass is 604 g/mol. The topological polar surface area (TPSA) is 87.0 Å². The van der Waals surface area contributed by atoms with Crippen LogP contribution in [-0.4, -0.2) is 27.9 Å². The molecule has 0 heterocycles. The van der Waals surface area contributed by atoms with Crippen LogP contribution in [0.4, 0.5) is 0 Å². The van der Waals surface area contributed by atoms with Crippen molar-refractivity contribution >= 4 is 7.82 Å². The van der Waals surface area contributed by atoms with Gasteiger partial charge in [-0.1, -0.05) is 181 Å². The summed E-state index contributed by atoms with van der Waals surface area (Å²) < 4.78 is 14.7. The van der Waals surface area contributed by atoms with E-state index in [2.05, 4.69) is 13.8 Å². The van der Waals surface area contributed by atoms with E-state index in [-0.39, 0.29) is 52.8 Å². The molecule has 39 heavy (non-hydrogen) atoms. The molecule has 0 aromatic rings. The van der Waals surface area contributed by atoms with E-state index >= 15 is 0 Å². The molecule has 0 fully saturated rings. The third-order valence-electron chi connectivity index (χ3n) is 7.28. The Labute approximate surface area is 289 Å². The number of hydrogen-bond donors (Lipinski definition) is 3. The molecule has 0 unspecified atom stereocenters. The maximum atomic E-state index is 8.88. The van der Waals surface area contributed by atoms with Crippen LogP contribution in [0.5, 0.6) is 0 Å². The maximum Gasteiger partial charge on any atom is 1.00 e. The van der Waals surface area contributed by atoms with Crippen molar-refractivity contribution in [3.05, 3.63) is 0 Å². The number of ether oxygens (including phenoxy) is 1. The molecule has 0 spiro atoms. The van der Waals surface area contributed by atoms with Crippen LogP contribution in [-0.2, 0) is 9.30 Å². The minimum Gasteiger partial charge on any atom is -1.00 e. The first-order valence-electron chi connectivity index (χ1n) is 16.8. The largest absolute Gasteiger partial charge is 1.00 e. The van der Waals surface area contributed by atoms with E-state index in [4.69, 9.17) is 24.0 Å². The first-order valence-corrected chi connectivity index (χ1v) is 18.3. The number of rotatable bonds is 30. The molecule has 0 aromatic carbocycles. The van der Waals surface area contributed by atoms with Gasteiger partial charge in [0.1, 0.15) is 0 Å². The van der Waals surface area contributed by atoms with Gasteiger partial charge in [-0.05, 0) is 12.8 Å². The summed E-state index contributed by atoms with van der Waals surface area (Å²) in [5.74, 6) is 0. The van der Waals surface area contributed by atoms with Gasteiger partial charge in [0.15, 0.2) is 0 Å². The quantitative estimate of drug-likeness (QED) is 0.0437. The first kappa shape index (κ1) is 45.1. The molecule has 0 aliphatic heterocycles. The predicted octanol–water partition coefficient (Wildman–Crippen LogP) is 8.15. The van der Waals surface area contributed by atoms with Gasteiger partial charge < -0.3 is 20.8 Å². The fourth-order valence-corrected chi connectivity index (χ4v) is 4.90. The van der Waals surface area contributed by atoms with E-state index in [0.717, 1.165) is 13.2 Å². The van der Waals surface area contributed by atoms with Gasteiger partial charge in [0.25, 0.3) is 0 Å². The van der Waals surface area contributed by atoms with Crippen molar-refractivity contribution in [3.63, 3.8) is 0 Å². The molecule has 0 rings (SSSR count). The molecular formula is C32H70KO5P. The van der Waals surface area contributed by atoms with Crippen LogP contribution in [0.2, 0.25) is 0 Å². The standard InChI is InChI=1S/C32H66O.K.H3O4P.H/c1-3-5-7-9-11-13-15-17-19-21-23-25-27-29-31-33-32-30-28-26-24-22-20-18-16-14-12-10-8-6-4-2;;1-5(2,3)4;/h3-32H2,1-2H3;;(H3,1,2,3,4);/q;+1;;-1. The van der Waals surface area contributed by atoms with Crippen molar-refractivity contribution in [1.82, 2.24) is 0 Å². The summed E-state index contributed by atoms with van der Waals surface area (Å²) in [6.07, 6.45) is 40.1. The predicted molar refractivity (Wildman–Crippen MR) is 167 cm³/mol. The Balaban J connectivity index is -0.000000843. The summed E-state index contributed by atoms with van der Waals surface area (Å²) >= 11 is 0. The van der Waals surface area contributed by atoms with Crippen LogP contribution >= 0.6 is 7.82 Å². The summed E-state index contributed by atoms with van der Waals surface area (Å²) in [6, 6.07) is 0. The second-order valence-corrected chi connectivity index (χ2v) is 12.3. The fourth-order valence-electron chi connectivity index (χ4n) is 4.90. The molecule has 0 amide bonds. The van der Waals surface area contributed by atoms with Crippen molar-refractivity contribution < 1.29 is 76.8 Å². The van der Waals surface area contributed by atoms with Gasteiger partial charge in [-0.2, -0.15) is 0 Å². The van der Waals surface area contributed by atoms with E-state index < -0.39 is 7.82 Å². The van der Waals surface area contributed by atoms with E-state index in [1.165, 1.54) is 180 Å². The van der Waals surface area contributed by atoms with Crippen molar-refractivity contribution in [3.8, 4) is 0 Å². The SMILES string of the molecule is CCCCCCCCCCCCCCCCOCCCCCCCCCCCCCCCC.O=P(O)(O)O.[H-].[K+]. The van der Waals surface area contributed by atoms with Crippen LogP contribution in [0, 0.1) is 0 Å². The zero-order chi connectivity index (χ0) is 28.4. The van der Waals surface area contributed by atoms with Gasteiger partial charge in [0.2, 0.25) is 0 Å². The molecule has 0 saturated heterocycles. The van der Waals surface area contributed by atoms with Crippen LogP contribution in [0.25, 0.3) is 0 Å². The zero-order valence-corrected chi connectivity index (χ0v) is 30.8. The summed E-state index contributed by atoms with van der Waals surface area (Å²) in [7, 11) is -4.64. The molecule has 0 aromatic heterocycles. The molecule has 0 saturated carbocycles. The molecule has 0 radical (unpaired) electrons. The van der Waals surface area contributed by atoms with Gasteiger partial charge in [-0.25, -0.2) is 4.57 Å². The molecule has 0 atom stereocenters. The Morgan fingerprint density at radius 2 is 0.564 bits per heavy atom. The Morgan fingerprint density at radius 1 is 0.410 bits per heavy atom. The third kappa shape index (κ3) is 56.2. The van der Waals surface area contributed by atoms with Crippen LogP contribution in [0.3, 0.4) is 0 Å². The molecule has 0 aliphatic rings. The van der Waals surface area contributed by atoms with Gasteiger partial charge in [0.05, 0.1) is 0 Å². The van der Waals surface area contributed by atoms with E-state index in [1.54, 1.807) is 0 Å². The Hall–Kier alpha value is 1.71. The maximum absolute atomic E-state index is 8.88. The Morgan fingerprint density at radius 3 is 0.744 bits per heavy atom. The first-order chi connectivity index (χ1) is 18.4. The van der Waals surface area contributed by atoms with Crippen molar-refractivity contribution in [2.45, 2.75) is 194 Å². The summed E-state index contributed by atoms with van der Waals surface area (Å²) in [4.78, 5) is 21.6. The van der Waals surface area contributed by atoms with Crippen molar-refractivity contribution in [2.24, 2.45) is 0 Å². The van der Waals surface area contributed by atoms with Gasteiger partial charge in [0, 0.05) is 13.2 Å². The third-order valence-corrected chi connectivity index (χ3v) is 7.28. The number of phosphoric acid groups is 1.